The van der Waals surface area contributed by atoms with Crippen LogP contribution in [0.3, 0.4) is 0 Å². The standard InChI is InChI=1S/C17H28N2S/c1-11-6-14(10-17(2,3)9-11)18-16(20)19-15-8-12-4-5-13(15)7-12/h4-5,11-15H,6-10H2,1-3H3,(H2,18,19,20)/t11-,12-,13-,14-,15-/m1/s1. The van der Waals surface area contributed by atoms with Gasteiger partial charge in [0, 0.05) is 12.1 Å². The molecule has 2 saturated carbocycles. The van der Waals surface area contributed by atoms with E-state index in [1.54, 1.807) is 0 Å². The molecular weight excluding hydrogens is 264 g/mol. The predicted octanol–water partition coefficient (Wildman–Crippen LogP) is 3.63. The Bertz CT molecular complexity index is 415. The first-order chi connectivity index (χ1) is 9.41. The summed E-state index contributed by atoms with van der Waals surface area (Å²) in [5.41, 5.74) is 0.445. The minimum absolute atomic E-state index is 0.445. The van der Waals surface area contributed by atoms with E-state index in [0.717, 1.165) is 16.9 Å². The molecule has 0 radical (unpaired) electrons. The number of rotatable bonds is 2. The second-order valence-corrected chi connectivity index (χ2v) is 8.52. The van der Waals surface area contributed by atoms with Crippen LogP contribution in [-0.2, 0) is 0 Å². The summed E-state index contributed by atoms with van der Waals surface area (Å²) in [7, 11) is 0. The molecule has 2 N–H and O–H groups in total. The third kappa shape index (κ3) is 3.19. The molecule has 3 aliphatic carbocycles. The Morgan fingerprint density at radius 1 is 1.10 bits per heavy atom. The summed E-state index contributed by atoms with van der Waals surface area (Å²) in [6.45, 7) is 7.13. The van der Waals surface area contributed by atoms with E-state index < -0.39 is 0 Å². The van der Waals surface area contributed by atoms with Gasteiger partial charge in [0.25, 0.3) is 0 Å². The Hall–Kier alpha value is -0.570. The lowest BCUT2D eigenvalue weighted by atomic mass is 9.71. The quantitative estimate of drug-likeness (QED) is 0.600. The van der Waals surface area contributed by atoms with E-state index in [1.165, 1.54) is 32.1 Å². The van der Waals surface area contributed by atoms with Crippen LogP contribution in [0.1, 0.15) is 52.9 Å². The lowest BCUT2D eigenvalue weighted by Gasteiger charge is -2.40. The summed E-state index contributed by atoms with van der Waals surface area (Å²) in [6, 6.07) is 1.11. The second kappa shape index (κ2) is 5.32. The van der Waals surface area contributed by atoms with Gasteiger partial charge in [-0.25, -0.2) is 0 Å². The van der Waals surface area contributed by atoms with Crippen molar-refractivity contribution < 1.29 is 0 Å². The largest absolute Gasteiger partial charge is 0.360 e. The third-order valence-corrected chi connectivity index (χ3v) is 5.55. The van der Waals surface area contributed by atoms with Crippen molar-refractivity contribution in [3.8, 4) is 0 Å². The fraction of sp³-hybridized carbons (Fsp3) is 0.824. The lowest BCUT2D eigenvalue weighted by molar-refractivity contribution is 0.161. The summed E-state index contributed by atoms with van der Waals surface area (Å²) in [6.07, 6.45) is 11.2. The van der Waals surface area contributed by atoms with Crippen molar-refractivity contribution in [1.82, 2.24) is 10.6 Å². The van der Waals surface area contributed by atoms with Crippen LogP contribution in [0.2, 0.25) is 0 Å². The first kappa shape index (κ1) is 14.4. The number of fused-ring (bicyclic) bond motifs is 2. The van der Waals surface area contributed by atoms with Crippen LogP contribution < -0.4 is 10.6 Å². The summed E-state index contributed by atoms with van der Waals surface area (Å²) < 4.78 is 0. The molecule has 3 rings (SSSR count). The van der Waals surface area contributed by atoms with Gasteiger partial charge in [-0.05, 0) is 67.5 Å². The highest BCUT2D eigenvalue weighted by molar-refractivity contribution is 7.80. The van der Waals surface area contributed by atoms with Crippen molar-refractivity contribution in [3.05, 3.63) is 12.2 Å². The Morgan fingerprint density at radius 2 is 1.90 bits per heavy atom. The van der Waals surface area contributed by atoms with E-state index in [2.05, 4.69) is 43.6 Å². The zero-order valence-corrected chi connectivity index (χ0v) is 13.8. The molecule has 0 amide bonds. The van der Waals surface area contributed by atoms with E-state index in [9.17, 15) is 0 Å². The van der Waals surface area contributed by atoms with Crippen molar-refractivity contribution in [1.29, 1.82) is 0 Å². The molecule has 3 aliphatic rings. The molecule has 0 unspecified atom stereocenters. The minimum Gasteiger partial charge on any atom is -0.360 e. The predicted molar refractivity (Wildman–Crippen MR) is 88.6 cm³/mol. The Balaban J connectivity index is 1.50. The summed E-state index contributed by atoms with van der Waals surface area (Å²) in [5, 5.41) is 8.04. The SMILES string of the molecule is C[C@@H]1C[C@@H](NC(=S)N[C@@H]2C[C@@H]3C=C[C@@H]2C3)CC(C)(C)C1. The van der Waals surface area contributed by atoms with Crippen LogP contribution in [0, 0.1) is 23.2 Å². The van der Waals surface area contributed by atoms with E-state index >= 15 is 0 Å². The fourth-order valence-electron chi connectivity index (χ4n) is 4.80. The molecule has 2 bridgehead atoms. The molecule has 0 aromatic rings. The van der Waals surface area contributed by atoms with E-state index in [-0.39, 0.29) is 0 Å². The molecule has 20 heavy (non-hydrogen) atoms. The molecule has 5 atom stereocenters. The molecule has 0 aromatic heterocycles. The molecule has 0 heterocycles. The zero-order valence-electron chi connectivity index (χ0n) is 13.0. The van der Waals surface area contributed by atoms with Gasteiger partial charge >= 0.3 is 0 Å². The average molecular weight is 292 g/mol. The molecule has 0 saturated heterocycles. The van der Waals surface area contributed by atoms with Gasteiger partial charge in [0.15, 0.2) is 5.11 Å². The molecule has 2 fully saturated rings. The molecule has 0 aliphatic heterocycles. The Kier molecular flexibility index (Phi) is 3.83. The molecule has 3 heteroatoms. The molecule has 2 nitrogen and oxygen atoms in total. The van der Waals surface area contributed by atoms with Crippen LogP contribution in [0.15, 0.2) is 12.2 Å². The van der Waals surface area contributed by atoms with Gasteiger partial charge in [0.05, 0.1) is 0 Å². The number of hydrogen-bond acceptors (Lipinski definition) is 1. The highest BCUT2D eigenvalue weighted by atomic mass is 32.1. The van der Waals surface area contributed by atoms with Crippen molar-refractivity contribution in [2.45, 2.75) is 65.0 Å². The van der Waals surface area contributed by atoms with Gasteiger partial charge in [-0.15, -0.1) is 0 Å². The zero-order chi connectivity index (χ0) is 14.3. The van der Waals surface area contributed by atoms with Gasteiger partial charge < -0.3 is 10.6 Å². The number of thiocarbonyl (C=S) groups is 1. The smallest absolute Gasteiger partial charge is 0.166 e. The maximum absolute atomic E-state index is 5.55. The van der Waals surface area contributed by atoms with Gasteiger partial charge in [-0.2, -0.15) is 0 Å². The lowest BCUT2D eigenvalue weighted by Crippen LogP contribution is -2.50. The topological polar surface area (TPSA) is 24.1 Å². The third-order valence-electron chi connectivity index (χ3n) is 5.32. The van der Waals surface area contributed by atoms with E-state index in [4.69, 9.17) is 12.2 Å². The van der Waals surface area contributed by atoms with Crippen LogP contribution in [0.4, 0.5) is 0 Å². The Morgan fingerprint density at radius 3 is 2.50 bits per heavy atom. The van der Waals surface area contributed by atoms with Crippen molar-refractivity contribution >= 4 is 17.3 Å². The normalized spacial score (nSPS) is 41.6. The van der Waals surface area contributed by atoms with Crippen molar-refractivity contribution in [2.24, 2.45) is 23.2 Å². The van der Waals surface area contributed by atoms with Crippen LogP contribution in [-0.4, -0.2) is 17.2 Å². The molecule has 0 aromatic carbocycles. The first-order valence-electron chi connectivity index (χ1n) is 8.17. The summed E-state index contributed by atoms with van der Waals surface area (Å²) in [5.74, 6) is 2.31. The fourth-order valence-corrected chi connectivity index (χ4v) is 5.12. The Labute approximate surface area is 128 Å². The minimum atomic E-state index is 0.445. The highest BCUT2D eigenvalue weighted by Gasteiger charge is 2.36. The first-order valence-corrected chi connectivity index (χ1v) is 8.57. The van der Waals surface area contributed by atoms with Gasteiger partial charge in [0.2, 0.25) is 0 Å². The highest BCUT2D eigenvalue weighted by Crippen LogP contribution is 2.40. The molecule has 0 spiro atoms. The summed E-state index contributed by atoms with van der Waals surface area (Å²) >= 11 is 5.55. The van der Waals surface area contributed by atoms with Gasteiger partial charge in [0.1, 0.15) is 0 Å². The maximum Gasteiger partial charge on any atom is 0.166 e. The molecular formula is C17H28N2S. The summed E-state index contributed by atoms with van der Waals surface area (Å²) in [4.78, 5) is 0. The van der Waals surface area contributed by atoms with Crippen LogP contribution >= 0.6 is 12.2 Å². The van der Waals surface area contributed by atoms with Crippen LogP contribution in [0.5, 0.6) is 0 Å². The van der Waals surface area contributed by atoms with Gasteiger partial charge in [-0.3, -0.25) is 0 Å². The number of allylic oxidation sites excluding steroid dienone is 1. The van der Waals surface area contributed by atoms with E-state index in [0.29, 0.717) is 23.4 Å². The molecule has 112 valence electrons. The monoisotopic (exact) mass is 292 g/mol. The van der Waals surface area contributed by atoms with Crippen molar-refractivity contribution in [3.63, 3.8) is 0 Å². The van der Waals surface area contributed by atoms with E-state index in [1.807, 2.05) is 0 Å². The van der Waals surface area contributed by atoms with Gasteiger partial charge in [-0.1, -0.05) is 32.9 Å². The number of hydrogen-bond donors (Lipinski definition) is 2. The number of nitrogens with one attached hydrogen (secondary N) is 2. The maximum atomic E-state index is 5.55. The van der Waals surface area contributed by atoms with Crippen LogP contribution in [0.25, 0.3) is 0 Å². The van der Waals surface area contributed by atoms with Crippen molar-refractivity contribution in [2.75, 3.05) is 0 Å². The average Bonchev–Trinajstić information content (AvgIpc) is 2.87. The second-order valence-electron chi connectivity index (χ2n) is 8.11.